The van der Waals surface area contributed by atoms with Crippen molar-refractivity contribution < 1.29 is 9.53 Å². The van der Waals surface area contributed by atoms with Crippen LogP contribution < -0.4 is 16.8 Å². The fourth-order valence-corrected chi connectivity index (χ4v) is 0.554. The predicted octanol–water partition coefficient (Wildman–Crippen LogP) is -0.981. The molecule has 0 unspecified atom stereocenters. The van der Waals surface area contributed by atoms with Gasteiger partial charge in [0, 0.05) is 19.1 Å². The van der Waals surface area contributed by atoms with Gasteiger partial charge in [0.1, 0.15) is 6.61 Å². The summed E-state index contributed by atoms with van der Waals surface area (Å²) in [7, 11) is 0. The molecule has 5 nitrogen and oxygen atoms in total. The standard InChI is InChI=1S/C6H15N3O2/c1-5(7)4-9-2-3-11-6(8)10/h5,9H,2-4,7H2,1H3,(H2,8,10)/t5-/m0/s1. The fraction of sp³-hybridized carbons (Fsp3) is 0.833. The van der Waals surface area contributed by atoms with Crippen LogP contribution in [0.5, 0.6) is 0 Å². The van der Waals surface area contributed by atoms with Gasteiger partial charge < -0.3 is 21.5 Å². The lowest BCUT2D eigenvalue weighted by Gasteiger charge is -2.06. The molecule has 0 aliphatic heterocycles. The average molecular weight is 161 g/mol. The highest BCUT2D eigenvalue weighted by molar-refractivity contribution is 5.64. The summed E-state index contributed by atoms with van der Waals surface area (Å²) in [5.74, 6) is 0. The molecule has 66 valence electrons. The zero-order valence-electron chi connectivity index (χ0n) is 6.67. The van der Waals surface area contributed by atoms with Crippen molar-refractivity contribution in [3.8, 4) is 0 Å². The van der Waals surface area contributed by atoms with Gasteiger partial charge in [-0.1, -0.05) is 0 Å². The van der Waals surface area contributed by atoms with E-state index in [0.29, 0.717) is 19.7 Å². The van der Waals surface area contributed by atoms with E-state index in [1.807, 2.05) is 6.92 Å². The van der Waals surface area contributed by atoms with E-state index >= 15 is 0 Å². The van der Waals surface area contributed by atoms with Crippen molar-refractivity contribution in [3.05, 3.63) is 0 Å². The molecule has 1 atom stereocenters. The van der Waals surface area contributed by atoms with Crippen molar-refractivity contribution in [1.82, 2.24) is 5.32 Å². The molecule has 0 saturated heterocycles. The van der Waals surface area contributed by atoms with Crippen molar-refractivity contribution in [2.24, 2.45) is 11.5 Å². The lowest BCUT2D eigenvalue weighted by atomic mass is 10.4. The van der Waals surface area contributed by atoms with E-state index < -0.39 is 6.09 Å². The van der Waals surface area contributed by atoms with Crippen LogP contribution in [0.1, 0.15) is 6.92 Å². The number of nitrogens with two attached hydrogens (primary N) is 2. The Bertz CT molecular complexity index is 116. The summed E-state index contributed by atoms with van der Waals surface area (Å²) in [6, 6.07) is 0.114. The zero-order chi connectivity index (χ0) is 8.69. The van der Waals surface area contributed by atoms with Gasteiger partial charge in [0.05, 0.1) is 0 Å². The molecule has 0 spiro atoms. The summed E-state index contributed by atoms with van der Waals surface area (Å²) in [5, 5.41) is 2.98. The summed E-state index contributed by atoms with van der Waals surface area (Å²) in [4.78, 5) is 10.0. The molecule has 5 heteroatoms. The molecular formula is C6H15N3O2. The number of primary amides is 1. The van der Waals surface area contributed by atoms with Crippen LogP contribution in [0.4, 0.5) is 4.79 Å². The van der Waals surface area contributed by atoms with Crippen LogP contribution in [0.25, 0.3) is 0 Å². The molecule has 0 saturated carbocycles. The first kappa shape index (κ1) is 10.2. The Morgan fingerprint density at radius 3 is 2.82 bits per heavy atom. The number of carbonyl (C=O) groups excluding carboxylic acids is 1. The first-order valence-electron chi connectivity index (χ1n) is 3.51. The second-order valence-corrected chi connectivity index (χ2v) is 2.35. The Balaban J connectivity index is 2.97. The van der Waals surface area contributed by atoms with Crippen LogP contribution in [0, 0.1) is 0 Å². The fourth-order valence-electron chi connectivity index (χ4n) is 0.554. The van der Waals surface area contributed by atoms with Gasteiger partial charge in [-0.05, 0) is 6.92 Å². The summed E-state index contributed by atoms with van der Waals surface area (Å²) in [6.07, 6.45) is -0.743. The van der Waals surface area contributed by atoms with E-state index in [2.05, 4.69) is 10.1 Å². The Kier molecular flexibility index (Phi) is 5.50. The summed E-state index contributed by atoms with van der Waals surface area (Å²) in [6.45, 7) is 3.48. The molecule has 5 N–H and O–H groups in total. The van der Waals surface area contributed by atoms with Crippen LogP contribution in [-0.2, 0) is 4.74 Å². The smallest absolute Gasteiger partial charge is 0.404 e. The number of hydrogen-bond acceptors (Lipinski definition) is 4. The van der Waals surface area contributed by atoms with Crippen molar-refractivity contribution in [2.45, 2.75) is 13.0 Å². The zero-order valence-corrected chi connectivity index (χ0v) is 6.67. The van der Waals surface area contributed by atoms with E-state index in [-0.39, 0.29) is 6.04 Å². The van der Waals surface area contributed by atoms with Gasteiger partial charge in [-0.25, -0.2) is 4.79 Å². The topological polar surface area (TPSA) is 90.4 Å². The maximum atomic E-state index is 10.0. The van der Waals surface area contributed by atoms with Crippen LogP contribution >= 0.6 is 0 Å². The Hall–Kier alpha value is -0.810. The molecule has 0 heterocycles. The van der Waals surface area contributed by atoms with Gasteiger partial charge in [0.2, 0.25) is 0 Å². The van der Waals surface area contributed by atoms with Crippen LogP contribution in [0.3, 0.4) is 0 Å². The Morgan fingerprint density at radius 2 is 2.36 bits per heavy atom. The van der Waals surface area contributed by atoms with Crippen molar-refractivity contribution in [1.29, 1.82) is 0 Å². The largest absolute Gasteiger partial charge is 0.448 e. The van der Waals surface area contributed by atoms with E-state index in [1.54, 1.807) is 0 Å². The SMILES string of the molecule is C[C@H](N)CNCCOC(N)=O. The minimum Gasteiger partial charge on any atom is -0.448 e. The predicted molar refractivity (Wildman–Crippen MR) is 42.1 cm³/mol. The molecule has 0 bridgehead atoms. The maximum absolute atomic E-state index is 10.0. The van der Waals surface area contributed by atoms with Crippen molar-refractivity contribution >= 4 is 6.09 Å². The van der Waals surface area contributed by atoms with Crippen molar-refractivity contribution in [2.75, 3.05) is 19.7 Å². The normalized spacial score (nSPS) is 12.5. The number of hydrogen-bond donors (Lipinski definition) is 3. The van der Waals surface area contributed by atoms with Gasteiger partial charge >= 0.3 is 6.09 Å². The Morgan fingerprint density at radius 1 is 1.73 bits per heavy atom. The first-order valence-corrected chi connectivity index (χ1v) is 3.51. The lowest BCUT2D eigenvalue weighted by Crippen LogP contribution is -2.33. The highest BCUT2D eigenvalue weighted by Crippen LogP contribution is 1.73. The third-order valence-electron chi connectivity index (χ3n) is 0.989. The minimum atomic E-state index is -0.743. The molecule has 0 rings (SSSR count). The number of carbonyl (C=O) groups is 1. The summed E-state index contributed by atoms with van der Waals surface area (Å²) >= 11 is 0. The average Bonchev–Trinajstić information content (AvgIpc) is 1.85. The van der Waals surface area contributed by atoms with E-state index in [9.17, 15) is 4.79 Å². The lowest BCUT2D eigenvalue weighted by molar-refractivity contribution is 0.157. The van der Waals surface area contributed by atoms with E-state index in [4.69, 9.17) is 11.5 Å². The van der Waals surface area contributed by atoms with Crippen LogP contribution in [0.15, 0.2) is 0 Å². The highest BCUT2D eigenvalue weighted by atomic mass is 16.5. The molecule has 0 aromatic rings. The number of nitrogens with one attached hydrogen (secondary N) is 1. The monoisotopic (exact) mass is 161 g/mol. The second-order valence-electron chi connectivity index (χ2n) is 2.35. The molecule has 11 heavy (non-hydrogen) atoms. The number of rotatable bonds is 5. The molecule has 0 aromatic heterocycles. The van der Waals surface area contributed by atoms with Gasteiger partial charge in [-0.15, -0.1) is 0 Å². The molecule has 1 amide bonds. The number of ether oxygens (including phenoxy) is 1. The summed E-state index contributed by atoms with van der Waals surface area (Å²) in [5.41, 5.74) is 10.2. The van der Waals surface area contributed by atoms with E-state index in [0.717, 1.165) is 0 Å². The van der Waals surface area contributed by atoms with Gasteiger partial charge in [-0.2, -0.15) is 0 Å². The molecule has 0 radical (unpaired) electrons. The van der Waals surface area contributed by atoms with E-state index in [1.165, 1.54) is 0 Å². The third kappa shape index (κ3) is 9.19. The van der Waals surface area contributed by atoms with Crippen LogP contribution in [-0.4, -0.2) is 31.8 Å². The molecule has 0 aromatic carbocycles. The third-order valence-corrected chi connectivity index (χ3v) is 0.989. The van der Waals surface area contributed by atoms with Gasteiger partial charge in [0.25, 0.3) is 0 Å². The molecular weight excluding hydrogens is 146 g/mol. The van der Waals surface area contributed by atoms with Gasteiger partial charge in [0.15, 0.2) is 0 Å². The highest BCUT2D eigenvalue weighted by Gasteiger charge is 1.94. The van der Waals surface area contributed by atoms with Crippen LogP contribution in [0.2, 0.25) is 0 Å². The number of amides is 1. The minimum absolute atomic E-state index is 0.114. The van der Waals surface area contributed by atoms with Crippen molar-refractivity contribution in [3.63, 3.8) is 0 Å². The second kappa shape index (κ2) is 5.94. The first-order chi connectivity index (χ1) is 5.13. The molecule has 0 aliphatic carbocycles. The molecule has 0 aliphatic rings. The quantitative estimate of drug-likeness (QED) is 0.452. The Labute approximate surface area is 66.1 Å². The molecule has 0 fully saturated rings. The summed E-state index contributed by atoms with van der Waals surface area (Å²) < 4.78 is 4.46. The van der Waals surface area contributed by atoms with Gasteiger partial charge in [-0.3, -0.25) is 0 Å². The maximum Gasteiger partial charge on any atom is 0.404 e.